The van der Waals surface area contributed by atoms with Gasteiger partial charge in [-0.25, -0.2) is 4.39 Å². The molecule has 0 amide bonds. The van der Waals surface area contributed by atoms with Gasteiger partial charge < -0.3 is 15.3 Å². The molecule has 0 aromatic heterocycles. The van der Waals surface area contributed by atoms with Crippen LogP contribution < -0.4 is 10.2 Å². The van der Waals surface area contributed by atoms with E-state index in [1.54, 1.807) is 6.07 Å². The molecule has 2 rings (SSSR count). The van der Waals surface area contributed by atoms with Crippen LogP contribution in [0.4, 0.5) is 10.1 Å². The lowest BCUT2D eigenvalue weighted by atomic mass is 9.97. The fourth-order valence-electron chi connectivity index (χ4n) is 2.58. The molecule has 0 saturated carbocycles. The normalized spacial score (nSPS) is 19.1. The number of hydrogen-bond acceptors (Lipinski definition) is 3. The molecule has 1 aromatic rings. The molecule has 0 radical (unpaired) electrons. The van der Waals surface area contributed by atoms with Gasteiger partial charge in [-0.15, -0.1) is 0 Å². The van der Waals surface area contributed by atoms with Gasteiger partial charge in [-0.3, -0.25) is 4.79 Å². The van der Waals surface area contributed by atoms with Gasteiger partial charge in [0.25, 0.3) is 0 Å². The smallest absolute Gasteiger partial charge is 0.308 e. The number of rotatable bonds is 5. The van der Waals surface area contributed by atoms with E-state index >= 15 is 0 Å². The maximum Gasteiger partial charge on any atom is 0.308 e. The molecule has 1 saturated heterocycles. The lowest BCUT2D eigenvalue weighted by Gasteiger charge is -2.33. The van der Waals surface area contributed by atoms with E-state index in [1.807, 2.05) is 17.9 Å². The van der Waals surface area contributed by atoms with Crippen LogP contribution >= 0.6 is 0 Å². The van der Waals surface area contributed by atoms with Gasteiger partial charge in [-0.1, -0.05) is 13.0 Å². The summed E-state index contributed by atoms with van der Waals surface area (Å²) < 4.78 is 14.0. The number of hydrogen-bond donors (Lipinski definition) is 2. The number of anilines is 1. The number of carboxylic acids is 1. The molecule has 0 aliphatic carbocycles. The number of piperidine rings is 1. The van der Waals surface area contributed by atoms with E-state index in [0.29, 0.717) is 31.7 Å². The summed E-state index contributed by atoms with van der Waals surface area (Å²) in [5.41, 5.74) is 1.53. The van der Waals surface area contributed by atoms with E-state index in [0.717, 1.165) is 18.5 Å². The van der Waals surface area contributed by atoms with Crippen molar-refractivity contribution in [3.8, 4) is 0 Å². The number of carboxylic acid groups (broad SMARTS) is 1. The maximum absolute atomic E-state index is 14.0. The topological polar surface area (TPSA) is 52.6 Å². The minimum atomic E-state index is -0.793. The number of nitrogens with one attached hydrogen (secondary N) is 1. The number of halogens is 1. The van der Waals surface area contributed by atoms with E-state index in [2.05, 4.69) is 5.32 Å². The minimum absolute atomic E-state index is 0.281. The van der Waals surface area contributed by atoms with Crippen molar-refractivity contribution in [2.45, 2.75) is 26.3 Å². The third-order valence-electron chi connectivity index (χ3n) is 3.70. The molecule has 0 spiro atoms. The lowest BCUT2D eigenvalue weighted by molar-refractivity contribution is -0.141. The van der Waals surface area contributed by atoms with Gasteiger partial charge >= 0.3 is 5.97 Å². The largest absolute Gasteiger partial charge is 0.481 e. The highest BCUT2D eigenvalue weighted by atomic mass is 19.1. The number of aliphatic carboxylic acids is 1. The second kappa shape index (κ2) is 6.70. The fourth-order valence-corrected chi connectivity index (χ4v) is 2.58. The predicted molar refractivity (Wildman–Crippen MR) is 76.4 cm³/mol. The Morgan fingerprint density at radius 3 is 3.05 bits per heavy atom. The SMILES string of the molecule is CCNCc1ccc(F)c(N2CCCC(C(=O)O)C2)c1. The molecule has 5 heteroatoms. The van der Waals surface area contributed by atoms with Crippen molar-refractivity contribution in [3.05, 3.63) is 29.6 Å². The van der Waals surface area contributed by atoms with Crippen LogP contribution in [0.25, 0.3) is 0 Å². The summed E-state index contributed by atoms with van der Waals surface area (Å²) in [7, 11) is 0. The molecule has 1 aromatic carbocycles. The van der Waals surface area contributed by atoms with Crippen molar-refractivity contribution in [2.75, 3.05) is 24.5 Å². The van der Waals surface area contributed by atoms with E-state index in [1.165, 1.54) is 6.07 Å². The van der Waals surface area contributed by atoms with Gasteiger partial charge in [0.15, 0.2) is 0 Å². The zero-order valence-corrected chi connectivity index (χ0v) is 11.7. The monoisotopic (exact) mass is 280 g/mol. The first kappa shape index (κ1) is 14.8. The Bertz CT molecular complexity index is 479. The summed E-state index contributed by atoms with van der Waals surface area (Å²) >= 11 is 0. The van der Waals surface area contributed by atoms with Crippen molar-refractivity contribution in [2.24, 2.45) is 5.92 Å². The molecule has 2 N–H and O–H groups in total. The van der Waals surface area contributed by atoms with Gasteiger partial charge in [0.05, 0.1) is 11.6 Å². The van der Waals surface area contributed by atoms with Crippen LogP contribution in [0, 0.1) is 11.7 Å². The average Bonchev–Trinajstić information content (AvgIpc) is 2.46. The summed E-state index contributed by atoms with van der Waals surface area (Å²) in [5.74, 6) is -1.48. The molecular formula is C15H21FN2O2. The van der Waals surface area contributed by atoms with E-state index in [9.17, 15) is 9.18 Å². The Hall–Kier alpha value is -1.62. The van der Waals surface area contributed by atoms with Crippen LogP contribution in [0.15, 0.2) is 18.2 Å². The van der Waals surface area contributed by atoms with Crippen LogP contribution in [-0.4, -0.2) is 30.7 Å². The first-order valence-electron chi connectivity index (χ1n) is 7.08. The summed E-state index contributed by atoms with van der Waals surface area (Å²) in [5, 5.41) is 12.3. The van der Waals surface area contributed by atoms with Crippen molar-refractivity contribution >= 4 is 11.7 Å². The quantitative estimate of drug-likeness (QED) is 0.868. The fraction of sp³-hybridized carbons (Fsp3) is 0.533. The second-order valence-corrected chi connectivity index (χ2v) is 5.19. The molecule has 1 aliphatic heterocycles. The van der Waals surface area contributed by atoms with Crippen LogP contribution in [0.5, 0.6) is 0 Å². The van der Waals surface area contributed by atoms with Crippen molar-refractivity contribution in [3.63, 3.8) is 0 Å². The van der Waals surface area contributed by atoms with Gasteiger partial charge in [0.1, 0.15) is 5.82 Å². The first-order chi connectivity index (χ1) is 9.61. The van der Waals surface area contributed by atoms with Gasteiger partial charge in [-0.2, -0.15) is 0 Å². The number of benzene rings is 1. The summed E-state index contributed by atoms with van der Waals surface area (Å²) in [6.45, 7) is 4.67. The second-order valence-electron chi connectivity index (χ2n) is 5.19. The van der Waals surface area contributed by atoms with Crippen molar-refractivity contribution in [1.82, 2.24) is 5.32 Å². The third kappa shape index (κ3) is 3.48. The Morgan fingerprint density at radius 2 is 2.35 bits per heavy atom. The number of nitrogens with zero attached hydrogens (tertiary/aromatic N) is 1. The average molecular weight is 280 g/mol. The number of carbonyl (C=O) groups is 1. The van der Waals surface area contributed by atoms with Crippen molar-refractivity contribution in [1.29, 1.82) is 0 Å². The summed E-state index contributed by atoms with van der Waals surface area (Å²) in [4.78, 5) is 12.9. The summed E-state index contributed by atoms with van der Waals surface area (Å²) in [6, 6.07) is 5.05. The molecular weight excluding hydrogens is 259 g/mol. The Balaban J connectivity index is 2.15. The third-order valence-corrected chi connectivity index (χ3v) is 3.70. The standard InChI is InChI=1S/C15H21FN2O2/c1-2-17-9-11-5-6-13(16)14(8-11)18-7-3-4-12(10-18)15(19)20/h5-6,8,12,17H,2-4,7,9-10H2,1H3,(H,19,20). The molecule has 4 nitrogen and oxygen atoms in total. The highest BCUT2D eigenvalue weighted by Gasteiger charge is 2.26. The Morgan fingerprint density at radius 1 is 1.55 bits per heavy atom. The minimum Gasteiger partial charge on any atom is -0.481 e. The van der Waals surface area contributed by atoms with Crippen molar-refractivity contribution < 1.29 is 14.3 Å². The molecule has 20 heavy (non-hydrogen) atoms. The zero-order valence-electron chi connectivity index (χ0n) is 11.7. The molecule has 0 bridgehead atoms. The van der Waals surface area contributed by atoms with Crippen LogP contribution in [0.1, 0.15) is 25.3 Å². The van der Waals surface area contributed by atoms with Gasteiger partial charge in [0, 0.05) is 19.6 Å². The molecule has 1 atom stereocenters. The lowest BCUT2D eigenvalue weighted by Crippen LogP contribution is -2.39. The first-order valence-corrected chi connectivity index (χ1v) is 7.08. The van der Waals surface area contributed by atoms with Gasteiger partial charge in [-0.05, 0) is 37.1 Å². The summed E-state index contributed by atoms with van der Waals surface area (Å²) in [6.07, 6.45) is 1.46. The van der Waals surface area contributed by atoms with Crippen LogP contribution in [0.2, 0.25) is 0 Å². The molecule has 1 heterocycles. The maximum atomic E-state index is 14.0. The Kier molecular flexibility index (Phi) is 4.95. The molecule has 1 unspecified atom stereocenters. The highest BCUT2D eigenvalue weighted by molar-refractivity contribution is 5.71. The van der Waals surface area contributed by atoms with E-state index in [-0.39, 0.29) is 5.82 Å². The molecule has 1 fully saturated rings. The Labute approximate surface area is 118 Å². The highest BCUT2D eigenvalue weighted by Crippen LogP contribution is 2.26. The van der Waals surface area contributed by atoms with Crippen LogP contribution in [-0.2, 0) is 11.3 Å². The molecule has 1 aliphatic rings. The van der Waals surface area contributed by atoms with Crippen LogP contribution in [0.3, 0.4) is 0 Å². The van der Waals surface area contributed by atoms with E-state index in [4.69, 9.17) is 5.11 Å². The predicted octanol–water partition coefficient (Wildman–Crippen LogP) is 2.24. The zero-order chi connectivity index (χ0) is 14.5. The molecule has 110 valence electrons. The van der Waals surface area contributed by atoms with E-state index < -0.39 is 11.9 Å². The van der Waals surface area contributed by atoms with Gasteiger partial charge in [0.2, 0.25) is 0 Å².